The zero-order valence-electron chi connectivity index (χ0n) is 12.5. The lowest BCUT2D eigenvalue weighted by Gasteiger charge is -2.24. The lowest BCUT2D eigenvalue weighted by Crippen LogP contribution is -2.43. The van der Waals surface area contributed by atoms with Crippen molar-refractivity contribution in [3.63, 3.8) is 0 Å². The molecule has 0 aromatic heterocycles. The van der Waals surface area contributed by atoms with Gasteiger partial charge in [-0.05, 0) is 57.3 Å². The van der Waals surface area contributed by atoms with Crippen LogP contribution in [0.2, 0.25) is 0 Å². The Kier molecular flexibility index (Phi) is 4.77. The lowest BCUT2D eigenvalue weighted by atomic mass is 9.85. The summed E-state index contributed by atoms with van der Waals surface area (Å²) >= 11 is 0. The van der Waals surface area contributed by atoms with Crippen molar-refractivity contribution in [1.82, 2.24) is 10.6 Å². The smallest absolute Gasteiger partial charge is 0.237 e. The Labute approximate surface area is 122 Å². The summed E-state index contributed by atoms with van der Waals surface area (Å²) in [4.78, 5) is 12.2. The van der Waals surface area contributed by atoms with Crippen molar-refractivity contribution in [3.8, 4) is 0 Å². The molecule has 2 aliphatic carbocycles. The summed E-state index contributed by atoms with van der Waals surface area (Å²) in [5, 5.41) is 6.69. The van der Waals surface area contributed by atoms with Crippen LogP contribution in [0.5, 0.6) is 0 Å². The number of hydrogen-bond donors (Lipinski definition) is 2. The van der Waals surface area contributed by atoms with Crippen molar-refractivity contribution in [3.05, 3.63) is 11.6 Å². The van der Waals surface area contributed by atoms with Gasteiger partial charge in [0.2, 0.25) is 5.91 Å². The van der Waals surface area contributed by atoms with E-state index in [1.807, 2.05) is 0 Å². The maximum Gasteiger partial charge on any atom is 0.237 e. The van der Waals surface area contributed by atoms with Crippen LogP contribution in [-0.2, 0) is 4.79 Å². The first-order chi connectivity index (χ1) is 9.83. The highest BCUT2D eigenvalue weighted by molar-refractivity contribution is 5.82. The maximum atomic E-state index is 12.2. The van der Waals surface area contributed by atoms with Crippen molar-refractivity contribution < 1.29 is 4.79 Å². The predicted molar refractivity (Wildman–Crippen MR) is 81.5 cm³/mol. The topological polar surface area (TPSA) is 41.1 Å². The third kappa shape index (κ3) is 3.43. The molecule has 3 heteroatoms. The van der Waals surface area contributed by atoms with Crippen molar-refractivity contribution in [2.75, 3.05) is 6.54 Å². The fraction of sp³-hybridized carbons (Fsp3) is 0.824. The first kappa shape index (κ1) is 14.1. The minimum Gasteiger partial charge on any atom is -0.354 e. The molecule has 20 heavy (non-hydrogen) atoms. The third-order valence-electron chi connectivity index (χ3n) is 5.31. The van der Waals surface area contributed by atoms with Gasteiger partial charge in [-0.3, -0.25) is 4.79 Å². The minimum absolute atomic E-state index is 0.0726. The Hall–Kier alpha value is -0.830. The minimum atomic E-state index is 0.0726. The molecule has 0 aromatic carbocycles. The summed E-state index contributed by atoms with van der Waals surface area (Å²) in [6.07, 6.45) is 14.9. The standard InChI is InChI=1S/C17H28N2O/c20-17(18-11-10-13-6-2-1-3-7-13)16-12-14-8-4-5-9-15(14)19-16/h6,14-16,19H,1-5,7-12H2,(H,18,20). The second-order valence-electron chi connectivity index (χ2n) is 6.76. The molecule has 1 heterocycles. The van der Waals surface area contributed by atoms with Crippen LogP contribution < -0.4 is 10.6 Å². The van der Waals surface area contributed by atoms with E-state index < -0.39 is 0 Å². The van der Waals surface area contributed by atoms with E-state index in [2.05, 4.69) is 16.7 Å². The molecule has 3 nitrogen and oxygen atoms in total. The molecule has 1 amide bonds. The number of rotatable bonds is 4. The molecule has 3 aliphatic rings. The largest absolute Gasteiger partial charge is 0.354 e. The van der Waals surface area contributed by atoms with Crippen LogP contribution >= 0.6 is 0 Å². The molecule has 1 saturated heterocycles. The van der Waals surface area contributed by atoms with Crippen LogP contribution in [0.25, 0.3) is 0 Å². The van der Waals surface area contributed by atoms with Crippen LogP contribution in [0.1, 0.15) is 64.2 Å². The normalized spacial score (nSPS) is 33.4. The molecule has 0 aromatic rings. The molecule has 3 unspecified atom stereocenters. The Morgan fingerprint density at radius 1 is 1.25 bits per heavy atom. The number of fused-ring (bicyclic) bond motifs is 1. The molecule has 1 saturated carbocycles. The highest BCUT2D eigenvalue weighted by Gasteiger charge is 2.37. The third-order valence-corrected chi connectivity index (χ3v) is 5.31. The molecule has 3 atom stereocenters. The Morgan fingerprint density at radius 3 is 2.95 bits per heavy atom. The monoisotopic (exact) mass is 276 g/mol. The molecule has 3 rings (SSSR count). The summed E-state index contributed by atoms with van der Waals surface area (Å²) in [6, 6.07) is 0.684. The second-order valence-corrected chi connectivity index (χ2v) is 6.76. The van der Waals surface area contributed by atoms with Crippen LogP contribution in [0.4, 0.5) is 0 Å². The Balaban J connectivity index is 1.40. The number of amides is 1. The van der Waals surface area contributed by atoms with Gasteiger partial charge in [-0.1, -0.05) is 24.5 Å². The first-order valence-electron chi connectivity index (χ1n) is 8.54. The van der Waals surface area contributed by atoms with Gasteiger partial charge in [-0.25, -0.2) is 0 Å². The fourth-order valence-corrected chi connectivity index (χ4v) is 4.12. The van der Waals surface area contributed by atoms with Crippen LogP contribution in [0.15, 0.2) is 11.6 Å². The van der Waals surface area contributed by atoms with E-state index in [-0.39, 0.29) is 11.9 Å². The quantitative estimate of drug-likeness (QED) is 0.775. The summed E-state index contributed by atoms with van der Waals surface area (Å²) in [5.41, 5.74) is 1.55. The van der Waals surface area contributed by atoms with E-state index >= 15 is 0 Å². The van der Waals surface area contributed by atoms with E-state index in [9.17, 15) is 4.79 Å². The van der Waals surface area contributed by atoms with Crippen LogP contribution in [0.3, 0.4) is 0 Å². The zero-order valence-corrected chi connectivity index (χ0v) is 12.5. The second kappa shape index (κ2) is 6.75. The van der Waals surface area contributed by atoms with E-state index in [1.165, 1.54) is 51.4 Å². The van der Waals surface area contributed by atoms with E-state index in [0.717, 1.165) is 25.3 Å². The van der Waals surface area contributed by atoms with Gasteiger partial charge in [0, 0.05) is 12.6 Å². The van der Waals surface area contributed by atoms with E-state index in [1.54, 1.807) is 5.57 Å². The van der Waals surface area contributed by atoms with Gasteiger partial charge in [0.05, 0.1) is 6.04 Å². The van der Waals surface area contributed by atoms with Gasteiger partial charge in [0.1, 0.15) is 0 Å². The molecular weight excluding hydrogens is 248 g/mol. The molecule has 0 spiro atoms. The zero-order chi connectivity index (χ0) is 13.8. The number of allylic oxidation sites excluding steroid dienone is 1. The number of nitrogens with one attached hydrogen (secondary N) is 2. The van der Waals surface area contributed by atoms with E-state index in [0.29, 0.717) is 6.04 Å². The van der Waals surface area contributed by atoms with Gasteiger partial charge < -0.3 is 10.6 Å². The molecule has 2 fully saturated rings. The predicted octanol–water partition coefficient (Wildman–Crippen LogP) is 2.91. The van der Waals surface area contributed by atoms with Gasteiger partial charge in [0.15, 0.2) is 0 Å². The number of carbonyl (C=O) groups excluding carboxylic acids is 1. The molecule has 1 aliphatic heterocycles. The SMILES string of the molecule is O=C(NCCC1=CCCCC1)C1CC2CCCCC2N1. The van der Waals surface area contributed by atoms with E-state index in [4.69, 9.17) is 0 Å². The number of carbonyl (C=O) groups is 1. The molecule has 112 valence electrons. The Morgan fingerprint density at radius 2 is 2.15 bits per heavy atom. The summed E-state index contributed by atoms with van der Waals surface area (Å²) in [5.74, 6) is 0.983. The van der Waals surface area contributed by atoms with Gasteiger partial charge in [-0.15, -0.1) is 0 Å². The van der Waals surface area contributed by atoms with Crippen molar-refractivity contribution >= 4 is 5.91 Å². The summed E-state index contributed by atoms with van der Waals surface area (Å²) in [6.45, 7) is 0.818. The number of hydrogen-bond acceptors (Lipinski definition) is 2. The fourth-order valence-electron chi connectivity index (χ4n) is 4.12. The highest BCUT2D eigenvalue weighted by atomic mass is 16.2. The van der Waals surface area contributed by atoms with Gasteiger partial charge in [-0.2, -0.15) is 0 Å². The van der Waals surface area contributed by atoms with Gasteiger partial charge >= 0.3 is 0 Å². The highest BCUT2D eigenvalue weighted by Crippen LogP contribution is 2.33. The average Bonchev–Trinajstić information content (AvgIpc) is 2.92. The van der Waals surface area contributed by atoms with Crippen molar-refractivity contribution in [2.24, 2.45) is 5.92 Å². The first-order valence-corrected chi connectivity index (χ1v) is 8.54. The van der Waals surface area contributed by atoms with Gasteiger partial charge in [0.25, 0.3) is 0 Å². The van der Waals surface area contributed by atoms with Crippen molar-refractivity contribution in [1.29, 1.82) is 0 Å². The summed E-state index contributed by atoms with van der Waals surface area (Å²) in [7, 11) is 0. The van der Waals surface area contributed by atoms with Crippen molar-refractivity contribution in [2.45, 2.75) is 76.3 Å². The Bertz CT molecular complexity index is 363. The maximum absolute atomic E-state index is 12.2. The molecule has 0 radical (unpaired) electrons. The summed E-state index contributed by atoms with van der Waals surface area (Å²) < 4.78 is 0. The van der Waals surface area contributed by atoms with Crippen LogP contribution in [-0.4, -0.2) is 24.5 Å². The molecular formula is C17H28N2O. The average molecular weight is 276 g/mol. The van der Waals surface area contributed by atoms with Crippen LogP contribution in [0, 0.1) is 5.92 Å². The molecule has 2 N–H and O–H groups in total. The lowest BCUT2D eigenvalue weighted by molar-refractivity contribution is -0.122. The molecule has 0 bridgehead atoms.